The van der Waals surface area contributed by atoms with E-state index in [1.165, 1.54) is 0 Å². The Morgan fingerprint density at radius 1 is 1.29 bits per heavy atom. The Morgan fingerprint density at radius 2 is 1.88 bits per heavy atom. The molecule has 0 aromatic carbocycles. The smallest absolute Gasteiger partial charge is 0.264 e. The Kier molecular flexibility index (Phi) is 5.12. The van der Waals surface area contributed by atoms with Crippen molar-refractivity contribution in [3.05, 3.63) is 25.4 Å². The van der Waals surface area contributed by atoms with Gasteiger partial charge in [0, 0.05) is 7.11 Å². The molecule has 0 amide bonds. The number of ether oxygens (including phenoxy) is 1. The Bertz CT molecular complexity index is 441. The van der Waals surface area contributed by atoms with Gasteiger partial charge < -0.3 is 9.72 Å². The number of rotatable bonds is 4. The minimum atomic E-state index is -0.169. The lowest BCUT2D eigenvalue weighted by atomic mass is 10.1. The van der Waals surface area contributed by atoms with E-state index in [1.807, 2.05) is 50.3 Å². The van der Waals surface area contributed by atoms with E-state index in [0.717, 1.165) is 5.69 Å². The first kappa shape index (κ1) is 14.6. The first-order chi connectivity index (χ1) is 7.88. The van der Waals surface area contributed by atoms with Crippen molar-refractivity contribution in [2.45, 2.75) is 39.7 Å². The summed E-state index contributed by atoms with van der Waals surface area (Å²) < 4.78 is 6.06. The van der Waals surface area contributed by atoms with Crippen LogP contribution in [0.1, 0.15) is 51.2 Å². The highest BCUT2D eigenvalue weighted by atomic mass is 127. The number of hydrogen-bond acceptors (Lipinski definition) is 3. The van der Waals surface area contributed by atoms with Crippen LogP contribution in [0, 0.1) is 9.49 Å². The summed E-state index contributed by atoms with van der Waals surface area (Å²) in [5.41, 5.74) is 0.758. The molecule has 5 heteroatoms. The van der Waals surface area contributed by atoms with Crippen molar-refractivity contribution < 1.29 is 4.74 Å². The molecule has 0 spiro atoms. The van der Waals surface area contributed by atoms with Crippen molar-refractivity contribution >= 4 is 22.6 Å². The normalized spacial score (nSPS) is 13.4. The molecule has 96 valence electrons. The Morgan fingerprint density at radius 3 is 2.29 bits per heavy atom. The van der Waals surface area contributed by atoms with Crippen molar-refractivity contribution in [2.24, 2.45) is 5.92 Å². The van der Waals surface area contributed by atoms with Crippen LogP contribution in [-0.2, 0) is 4.74 Å². The van der Waals surface area contributed by atoms with Crippen molar-refractivity contribution in [3.63, 3.8) is 0 Å². The van der Waals surface area contributed by atoms with Crippen LogP contribution in [0.4, 0.5) is 0 Å². The second-order valence-corrected chi connectivity index (χ2v) is 5.78. The van der Waals surface area contributed by atoms with E-state index in [2.05, 4.69) is 9.97 Å². The quantitative estimate of drug-likeness (QED) is 0.850. The first-order valence-electron chi connectivity index (χ1n) is 5.70. The van der Waals surface area contributed by atoms with Gasteiger partial charge in [0.15, 0.2) is 0 Å². The summed E-state index contributed by atoms with van der Waals surface area (Å²) in [4.78, 5) is 19.2. The molecular weight excluding hydrogens is 331 g/mol. The largest absolute Gasteiger partial charge is 0.373 e. The second kappa shape index (κ2) is 5.95. The zero-order valence-electron chi connectivity index (χ0n) is 10.9. The van der Waals surface area contributed by atoms with Gasteiger partial charge in [-0.3, -0.25) is 4.79 Å². The maximum atomic E-state index is 11.8. The van der Waals surface area contributed by atoms with Gasteiger partial charge in [0.2, 0.25) is 0 Å². The summed E-state index contributed by atoms with van der Waals surface area (Å²) in [6, 6.07) is 0. The van der Waals surface area contributed by atoms with Crippen LogP contribution >= 0.6 is 22.6 Å². The lowest BCUT2D eigenvalue weighted by Gasteiger charge is -2.19. The van der Waals surface area contributed by atoms with E-state index in [4.69, 9.17) is 4.74 Å². The van der Waals surface area contributed by atoms with Gasteiger partial charge in [0.25, 0.3) is 5.56 Å². The summed E-state index contributed by atoms with van der Waals surface area (Å²) in [7, 11) is 1.64. The van der Waals surface area contributed by atoms with Gasteiger partial charge in [-0.05, 0) is 34.4 Å². The molecule has 0 bridgehead atoms. The summed E-state index contributed by atoms with van der Waals surface area (Å²) in [6.07, 6.45) is -0.169. The third-order valence-electron chi connectivity index (χ3n) is 2.58. The average Bonchev–Trinajstić information content (AvgIpc) is 2.22. The van der Waals surface area contributed by atoms with Gasteiger partial charge in [-0.25, -0.2) is 4.98 Å². The molecule has 1 heterocycles. The molecule has 0 saturated carbocycles. The number of H-pyrrole nitrogens is 1. The van der Waals surface area contributed by atoms with Crippen molar-refractivity contribution in [1.82, 2.24) is 9.97 Å². The minimum Gasteiger partial charge on any atom is -0.373 e. The highest BCUT2D eigenvalue weighted by Gasteiger charge is 2.20. The van der Waals surface area contributed by atoms with Crippen LogP contribution in [-0.4, -0.2) is 17.1 Å². The predicted molar refractivity (Wildman–Crippen MR) is 76.3 cm³/mol. The van der Waals surface area contributed by atoms with Crippen LogP contribution in [0.2, 0.25) is 0 Å². The van der Waals surface area contributed by atoms with Gasteiger partial charge >= 0.3 is 0 Å². The van der Waals surface area contributed by atoms with Gasteiger partial charge in [-0.2, -0.15) is 0 Å². The molecular formula is C12H19IN2O2. The first-order valence-corrected chi connectivity index (χ1v) is 6.78. The molecule has 1 atom stereocenters. The van der Waals surface area contributed by atoms with E-state index in [1.54, 1.807) is 7.11 Å². The summed E-state index contributed by atoms with van der Waals surface area (Å²) in [5.74, 6) is 1.12. The fraction of sp³-hybridized carbons (Fsp3) is 0.667. The molecule has 0 aliphatic rings. The van der Waals surface area contributed by atoms with Gasteiger partial charge in [-0.1, -0.05) is 27.7 Å². The Balaban J connectivity index is 3.32. The molecule has 0 radical (unpaired) electrons. The molecule has 1 aromatic rings. The zero-order chi connectivity index (χ0) is 13.2. The minimum absolute atomic E-state index is 0.0815. The summed E-state index contributed by atoms with van der Waals surface area (Å²) >= 11 is 2.04. The topological polar surface area (TPSA) is 55.0 Å². The molecule has 0 aliphatic heterocycles. The van der Waals surface area contributed by atoms with Crippen LogP contribution in [0.15, 0.2) is 4.79 Å². The Hall–Kier alpha value is -0.430. The van der Waals surface area contributed by atoms with Crippen molar-refractivity contribution in [1.29, 1.82) is 0 Å². The molecule has 1 N–H and O–H groups in total. The fourth-order valence-corrected chi connectivity index (χ4v) is 2.59. The molecule has 1 unspecified atom stereocenters. The molecule has 1 rings (SSSR count). The Labute approximate surface area is 115 Å². The van der Waals surface area contributed by atoms with E-state index < -0.39 is 0 Å². The fourth-order valence-electron chi connectivity index (χ4n) is 1.71. The van der Waals surface area contributed by atoms with Crippen molar-refractivity contribution in [3.8, 4) is 0 Å². The molecule has 4 nitrogen and oxygen atoms in total. The highest BCUT2D eigenvalue weighted by Crippen LogP contribution is 2.23. The number of nitrogens with one attached hydrogen (secondary N) is 1. The van der Waals surface area contributed by atoms with Gasteiger partial charge in [0.1, 0.15) is 11.9 Å². The van der Waals surface area contributed by atoms with E-state index >= 15 is 0 Å². The lowest BCUT2D eigenvalue weighted by Crippen LogP contribution is -2.23. The molecule has 1 aromatic heterocycles. The zero-order valence-corrected chi connectivity index (χ0v) is 13.0. The van der Waals surface area contributed by atoms with Crippen LogP contribution in [0.5, 0.6) is 0 Å². The highest BCUT2D eigenvalue weighted by molar-refractivity contribution is 14.1. The third kappa shape index (κ3) is 3.28. The van der Waals surface area contributed by atoms with Crippen LogP contribution < -0.4 is 5.56 Å². The van der Waals surface area contributed by atoms with E-state index in [-0.39, 0.29) is 23.5 Å². The monoisotopic (exact) mass is 350 g/mol. The van der Waals surface area contributed by atoms with Crippen LogP contribution in [0.25, 0.3) is 0 Å². The van der Waals surface area contributed by atoms with Gasteiger partial charge in [0.05, 0.1) is 9.26 Å². The summed E-state index contributed by atoms with van der Waals surface area (Å²) in [6.45, 7) is 8.15. The SMILES string of the molecule is COC(c1nc(C(C)C)c(I)c(=O)[nH]1)C(C)C. The summed E-state index contributed by atoms with van der Waals surface area (Å²) in [5, 5.41) is 0. The van der Waals surface area contributed by atoms with Crippen molar-refractivity contribution in [2.75, 3.05) is 7.11 Å². The molecule has 0 aliphatic carbocycles. The van der Waals surface area contributed by atoms with E-state index in [9.17, 15) is 4.79 Å². The second-order valence-electron chi connectivity index (χ2n) is 4.71. The van der Waals surface area contributed by atoms with Crippen LogP contribution in [0.3, 0.4) is 0 Å². The number of halogens is 1. The maximum absolute atomic E-state index is 11.8. The number of nitrogens with zero attached hydrogens (tertiary/aromatic N) is 1. The number of hydrogen-bond donors (Lipinski definition) is 1. The number of methoxy groups -OCH3 is 1. The molecule has 0 saturated heterocycles. The lowest BCUT2D eigenvalue weighted by molar-refractivity contribution is 0.0570. The van der Waals surface area contributed by atoms with E-state index in [0.29, 0.717) is 9.39 Å². The molecule has 17 heavy (non-hydrogen) atoms. The third-order valence-corrected chi connectivity index (χ3v) is 3.63. The predicted octanol–water partition coefficient (Wildman–Crippen LogP) is 2.84. The number of aromatic amines is 1. The maximum Gasteiger partial charge on any atom is 0.264 e. The van der Waals surface area contributed by atoms with Gasteiger partial charge in [-0.15, -0.1) is 0 Å². The number of aromatic nitrogens is 2. The molecule has 0 fully saturated rings. The standard InChI is InChI=1S/C12H19IN2O2/c1-6(2)9-8(13)12(16)15-11(14-9)10(17-5)7(3)4/h6-7,10H,1-5H3,(H,14,15,16). The average molecular weight is 350 g/mol.